The molecule has 2 rings (SSSR count). The second-order valence-electron chi connectivity index (χ2n) is 4.27. The molecule has 0 aliphatic heterocycles. The molecule has 0 radical (unpaired) electrons. The van der Waals surface area contributed by atoms with Crippen molar-refractivity contribution in [1.82, 2.24) is 10.3 Å². The number of rotatable bonds is 4. The highest BCUT2D eigenvalue weighted by atomic mass is 16.4. The standard InChI is InChI=1S/C12H14N2O3/c1-7(10-4-2-3-5-13-10)14-11(15)8-6-9(8)12(16)17/h2-5,7-9H,6H2,1H3,(H,14,15)(H,16,17)/t7-,8-,9+/m1/s1. The van der Waals surface area contributed by atoms with E-state index in [1.807, 2.05) is 19.1 Å². The van der Waals surface area contributed by atoms with Crippen LogP contribution in [0.5, 0.6) is 0 Å². The van der Waals surface area contributed by atoms with Crippen molar-refractivity contribution in [1.29, 1.82) is 0 Å². The van der Waals surface area contributed by atoms with Gasteiger partial charge in [-0.05, 0) is 25.5 Å². The van der Waals surface area contributed by atoms with Gasteiger partial charge in [-0.25, -0.2) is 0 Å². The van der Waals surface area contributed by atoms with Crippen LogP contribution < -0.4 is 5.32 Å². The Morgan fingerprint density at radius 3 is 2.76 bits per heavy atom. The number of aromatic nitrogens is 1. The molecule has 1 amide bonds. The third-order valence-electron chi connectivity index (χ3n) is 2.93. The minimum atomic E-state index is -0.893. The molecular formula is C12H14N2O3. The maximum absolute atomic E-state index is 11.7. The van der Waals surface area contributed by atoms with Crippen LogP contribution in [0.4, 0.5) is 0 Å². The molecule has 1 saturated carbocycles. The minimum Gasteiger partial charge on any atom is -0.481 e. The summed E-state index contributed by atoms with van der Waals surface area (Å²) in [6, 6.07) is 5.28. The molecule has 1 fully saturated rings. The smallest absolute Gasteiger partial charge is 0.307 e. The van der Waals surface area contributed by atoms with Gasteiger partial charge in [-0.2, -0.15) is 0 Å². The Morgan fingerprint density at radius 1 is 1.47 bits per heavy atom. The third-order valence-corrected chi connectivity index (χ3v) is 2.93. The normalized spacial score (nSPS) is 23.8. The summed E-state index contributed by atoms with van der Waals surface area (Å²) in [7, 11) is 0. The van der Waals surface area contributed by atoms with Crippen LogP contribution in [0.15, 0.2) is 24.4 Å². The first-order valence-corrected chi connectivity index (χ1v) is 5.53. The second-order valence-corrected chi connectivity index (χ2v) is 4.27. The molecule has 0 saturated heterocycles. The molecule has 1 heterocycles. The summed E-state index contributed by atoms with van der Waals surface area (Å²) < 4.78 is 0. The van der Waals surface area contributed by atoms with Crippen LogP contribution in [-0.4, -0.2) is 22.0 Å². The number of hydrogen-bond acceptors (Lipinski definition) is 3. The summed E-state index contributed by atoms with van der Waals surface area (Å²) in [5, 5.41) is 11.5. The van der Waals surface area contributed by atoms with Gasteiger partial charge in [0.25, 0.3) is 0 Å². The van der Waals surface area contributed by atoms with Gasteiger partial charge < -0.3 is 10.4 Å². The van der Waals surface area contributed by atoms with E-state index in [-0.39, 0.29) is 17.9 Å². The Hall–Kier alpha value is -1.91. The van der Waals surface area contributed by atoms with Crippen molar-refractivity contribution in [2.75, 3.05) is 0 Å². The predicted molar refractivity (Wildman–Crippen MR) is 60.0 cm³/mol. The zero-order chi connectivity index (χ0) is 12.4. The molecule has 0 aromatic carbocycles. The first-order valence-electron chi connectivity index (χ1n) is 5.53. The van der Waals surface area contributed by atoms with E-state index in [1.165, 1.54) is 0 Å². The van der Waals surface area contributed by atoms with Crippen LogP contribution in [0, 0.1) is 11.8 Å². The Balaban J connectivity index is 1.90. The molecule has 0 unspecified atom stereocenters. The van der Waals surface area contributed by atoms with E-state index < -0.39 is 11.9 Å². The number of aliphatic carboxylic acids is 1. The molecule has 2 N–H and O–H groups in total. The van der Waals surface area contributed by atoms with Gasteiger partial charge in [0.1, 0.15) is 0 Å². The van der Waals surface area contributed by atoms with Crippen LogP contribution >= 0.6 is 0 Å². The van der Waals surface area contributed by atoms with Gasteiger partial charge in [0, 0.05) is 6.20 Å². The first kappa shape index (κ1) is 11.6. The van der Waals surface area contributed by atoms with Crippen LogP contribution in [-0.2, 0) is 9.59 Å². The van der Waals surface area contributed by atoms with E-state index in [0.717, 1.165) is 5.69 Å². The fourth-order valence-electron chi connectivity index (χ4n) is 1.78. The number of carbonyl (C=O) groups excluding carboxylic acids is 1. The Labute approximate surface area is 98.9 Å². The number of hydrogen-bond donors (Lipinski definition) is 2. The summed E-state index contributed by atoms with van der Waals surface area (Å²) in [6.45, 7) is 1.83. The zero-order valence-electron chi connectivity index (χ0n) is 9.46. The van der Waals surface area contributed by atoms with Gasteiger partial charge in [0.15, 0.2) is 0 Å². The average Bonchev–Trinajstić information content (AvgIpc) is 3.10. The minimum absolute atomic E-state index is 0.196. The van der Waals surface area contributed by atoms with Crippen molar-refractivity contribution >= 4 is 11.9 Å². The van der Waals surface area contributed by atoms with E-state index in [4.69, 9.17) is 5.11 Å². The van der Waals surface area contributed by atoms with E-state index >= 15 is 0 Å². The van der Waals surface area contributed by atoms with Crippen LogP contribution in [0.1, 0.15) is 25.1 Å². The highest BCUT2D eigenvalue weighted by Gasteiger charge is 2.48. The van der Waals surface area contributed by atoms with Crippen molar-refractivity contribution in [3.63, 3.8) is 0 Å². The Bertz CT molecular complexity index is 433. The molecular weight excluding hydrogens is 220 g/mol. The lowest BCUT2D eigenvalue weighted by atomic mass is 10.2. The molecule has 0 spiro atoms. The lowest BCUT2D eigenvalue weighted by Crippen LogP contribution is -2.29. The lowest BCUT2D eigenvalue weighted by molar-refractivity contribution is -0.140. The molecule has 5 heteroatoms. The summed E-state index contributed by atoms with van der Waals surface area (Å²) in [6.07, 6.45) is 2.10. The van der Waals surface area contributed by atoms with Gasteiger partial charge in [-0.1, -0.05) is 6.07 Å². The maximum Gasteiger partial charge on any atom is 0.307 e. The first-order chi connectivity index (χ1) is 8.09. The van der Waals surface area contributed by atoms with Crippen molar-refractivity contribution in [3.05, 3.63) is 30.1 Å². The predicted octanol–water partition coefficient (Wildman–Crippen LogP) is 0.980. The van der Waals surface area contributed by atoms with Gasteiger partial charge in [-0.3, -0.25) is 14.6 Å². The molecule has 1 aliphatic carbocycles. The van der Waals surface area contributed by atoms with Gasteiger partial charge in [0.2, 0.25) is 5.91 Å². The number of carboxylic acids is 1. The molecule has 17 heavy (non-hydrogen) atoms. The zero-order valence-corrected chi connectivity index (χ0v) is 9.46. The monoisotopic (exact) mass is 234 g/mol. The second kappa shape index (κ2) is 4.53. The van der Waals surface area contributed by atoms with Crippen molar-refractivity contribution in [2.24, 2.45) is 11.8 Å². The molecule has 1 aromatic rings. The highest BCUT2D eigenvalue weighted by Crippen LogP contribution is 2.39. The van der Waals surface area contributed by atoms with E-state index in [9.17, 15) is 9.59 Å². The van der Waals surface area contributed by atoms with Crippen molar-refractivity contribution < 1.29 is 14.7 Å². The molecule has 90 valence electrons. The number of amides is 1. The van der Waals surface area contributed by atoms with E-state index in [2.05, 4.69) is 10.3 Å². The summed E-state index contributed by atoms with van der Waals surface area (Å²) in [4.78, 5) is 26.5. The lowest BCUT2D eigenvalue weighted by Gasteiger charge is -2.12. The third kappa shape index (κ3) is 2.61. The summed E-state index contributed by atoms with van der Waals surface area (Å²) >= 11 is 0. The fraction of sp³-hybridized carbons (Fsp3) is 0.417. The SMILES string of the molecule is C[C@@H](NC(=O)[C@@H]1C[C@@H]1C(=O)O)c1ccccn1. The van der Waals surface area contributed by atoms with Gasteiger partial charge in [-0.15, -0.1) is 0 Å². The quantitative estimate of drug-likeness (QED) is 0.813. The topological polar surface area (TPSA) is 79.3 Å². The fourth-order valence-corrected chi connectivity index (χ4v) is 1.78. The van der Waals surface area contributed by atoms with Crippen LogP contribution in [0.3, 0.4) is 0 Å². The number of nitrogens with one attached hydrogen (secondary N) is 1. The number of carbonyl (C=O) groups is 2. The van der Waals surface area contributed by atoms with E-state index in [0.29, 0.717) is 6.42 Å². The summed E-state index contributed by atoms with van der Waals surface area (Å²) in [5.41, 5.74) is 0.772. The largest absolute Gasteiger partial charge is 0.481 e. The van der Waals surface area contributed by atoms with E-state index in [1.54, 1.807) is 12.3 Å². The van der Waals surface area contributed by atoms with Gasteiger partial charge in [0.05, 0.1) is 23.6 Å². The summed E-state index contributed by atoms with van der Waals surface area (Å²) in [5.74, 6) is -1.98. The van der Waals surface area contributed by atoms with Crippen molar-refractivity contribution in [3.8, 4) is 0 Å². The maximum atomic E-state index is 11.7. The number of carboxylic acid groups (broad SMARTS) is 1. The Kier molecular flexibility index (Phi) is 3.08. The molecule has 5 nitrogen and oxygen atoms in total. The molecule has 1 aliphatic rings. The van der Waals surface area contributed by atoms with Gasteiger partial charge >= 0.3 is 5.97 Å². The van der Waals surface area contributed by atoms with Crippen molar-refractivity contribution in [2.45, 2.75) is 19.4 Å². The molecule has 1 aromatic heterocycles. The highest BCUT2D eigenvalue weighted by molar-refractivity contribution is 5.89. The van der Waals surface area contributed by atoms with Crippen LogP contribution in [0.2, 0.25) is 0 Å². The number of pyridine rings is 1. The number of nitrogens with zero attached hydrogens (tertiary/aromatic N) is 1. The van der Waals surface area contributed by atoms with Crippen LogP contribution in [0.25, 0.3) is 0 Å². The molecule has 3 atom stereocenters. The average molecular weight is 234 g/mol. The Morgan fingerprint density at radius 2 is 2.24 bits per heavy atom. The molecule has 0 bridgehead atoms.